The Labute approximate surface area is 148 Å². The average molecular weight is 354 g/mol. The number of hydrogen-bond acceptors (Lipinski definition) is 5. The number of benzene rings is 1. The monoisotopic (exact) mass is 354 g/mol. The van der Waals surface area contributed by atoms with Crippen molar-refractivity contribution in [1.29, 1.82) is 0 Å². The normalized spacial score (nSPS) is 22.6. The highest BCUT2D eigenvalue weighted by Gasteiger charge is 2.37. The molecule has 0 aliphatic heterocycles. The first-order valence-electron chi connectivity index (χ1n) is 8.61. The summed E-state index contributed by atoms with van der Waals surface area (Å²) in [6.45, 7) is 0. The van der Waals surface area contributed by atoms with Gasteiger partial charge in [0.15, 0.2) is 0 Å². The Morgan fingerprint density at radius 1 is 1.32 bits per heavy atom. The Kier molecular flexibility index (Phi) is 3.48. The van der Waals surface area contributed by atoms with E-state index in [9.17, 15) is 4.79 Å². The van der Waals surface area contributed by atoms with E-state index in [1.165, 1.54) is 12.8 Å². The van der Waals surface area contributed by atoms with Crippen molar-refractivity contribution in [2.45, 2.75) is 37.7 Å². The predicted octanol–water partition coefficient (Wildman–Crippen LogP) is 3.69. The van der Waals surface area contributed by atoms with Crippen molar-refractivity contribution in [3.05, 3.63) is 35.5 Å². The number of nitrogens with one attached hydrogen (secondary N) is 2. The molecule has 2 saturated carbocycles. The molecule has 1 aromatic carbocycles. The number of aromatic nitrogens is 3. The molecule has 0 atom stereocenters. The first-order valence-corrected chi connectivity index (χ1v) is 9.49. The fraction of sp³-hybridized carbons (Fsp3) is 0.389. The number of ether oxygens (including phenoxy) is 1. The molecule has 2 heterocycles. The number of nitrogens with zero attached hydrogens (tertiary/aromatic N) is 2. The molecule has 3 aromatic rings. The number of rotatable bonds is 5. The number of aromatic amines is 1. The van der Waals surface area contributed by atoms with Gasteiger partial charge >= 0.3 is 0 Å². The van der Waals surface area contributed by atoms with Crippen molar-refractivity contribution in [2.24, 2.45) is 5.92 Å². The topological polar surface area (TPSA) is 79.9 Å². The van der Waals surface area contributed by atoms with E-state index in [1.807, 2.05) is 29.8 Å². The van der Waals surface area contributed by atoms with E-state index < -0.39 is 0 Å². The van der Waals surface area contributed by atoms with Gasteiger partial charge in [-0.1, -0.05) is 6.07 Å². The van der Waals surface area contributed by atoms with Crippen molar-refractivity contribution >= 4 is 33.3 Å². The molecule has 6 nitrogen and oxygen atoms in total. The zero-order chi connectivity index (χ0) is 16.8. The van der Waals surface area contributed by atoms with E-state index in [4.69, 9.17) is 4.74 Å². The molecule has 2 N–H and O–H groups in total. The van der Waals surface area contributed by atoms with E-state index in [-0.39, 0.29) is 17.9 Å². The summed E-state index contributed by atoms with van der Waals surface area (Å²) in [5.74, 6) is 2.12. The molecular formula is C18H18N4O2S. The van der Waals surface area contributed by atoms with Crippen LogP contribution in [0.3, 0.4) is 0 Å². The number of anilines is 1. The summed E-state index contributed by atoms with van der Waals surface area (Å²) in [5.41, 5.74) is 3.79. The van der Waals surface area contributed by atoms with Crippen molar-refractivity contribution in [3.63, 3.8) is 0 Å². The summed E-state index contributed by atoms with van der Waals surface area (Å²) in [6, 6.07) is 7.91. The van der Waals surface area contributed by atoms with E-state index in [2.05, 4.69) is 20.5 Å². The van der Waals surface area contributed by atoms with Crippen LogP contribution in [0.25, 0.3) is 10.2 Å². The summed E-state index contributed by atoms with van der Waals surface area (Å²) >= 11 is 1.60. The Bertz CT molecular complexity index is 924. The maximum atomic E-state index is 12.3. The van der Waals surface area contributed by atoms with E-state index in [0.717, 1.165) is 34.5 Å². The van der Waals surface area contributed by atoms with Crippen molar-refractivity contribution in [2.75, 3.05) is 5.32 Å². The molecule has 2 fully saturated rings. The molecule has 1 amide bonds. The molecule has 0 unspecified atom stereocenters. The molecule has 0 saturated heterocycles. The van der Waals surface area contributed by atoms with Gasteiger partial charge in [-0.2, -0.15) is 5.10 Å². The number of amides is 1. The van der Waals surface area contributed by atoms with Crippen molar-refractivity contribution in [1.82, 2.24) is 15.2 Å². The maximum Gasteiger partial charge on any atom is 0.228 e. The van der Waals surface area contributed by atoms with Crippen LogP contribution in [0.15, 0.2) is 29.8 Å². The van der Waals surface area contributed by atoms with Crippen molar-refractivity contribution < 1.29 is 9.53 Å². The predicted molar refractivity (Wildman–Crippen MR) is 96.0 cm³/mol. The second kappa shape index (κ2) is 5.84. The van der Waals surface area contributed by atoms with Gasteiger partial charge in [-0.05, 0) is 37.8 Å². The maximum absolute atomic E-state index is 12.3. The van der Waals surface area contributed by atoms with Crippen LogP contribution < -0.4 is 10.1 Å². The quantitative estimate of drug-likeness (QED) is 0.732. The molecule has 128 valence electrons. The number of hydrogen-bond donors (Lipinski definition) is 2. The standard InChI is InChI=1S/C18H18N4O2S/c23-18(20-16-8-13(21-22-16)10-4-5-10)11-6-12(7-11)24-14-2-1-3-15-17(14)19-9-25-15/h1-3,8-12H,4-7H2,(H2,20,21,22,23)/t11-,12-. The van der Waals surface area contributed by atoms with Gasteiger partial charge in [-0.25, -0.2) is 4.98 Å². The molecule has 2 aliphatic carbocycles. The number of carbonyl (C=O) groups excluding carboxylic acids is 1. The van der Waals surface area contributed by atoms with Crippen molar-refractivity contribution in [3.8, 4) is 5.75 Å². The summed E-state index contributed by atoms with van der Waals surface area (Å²) in [5, 5.41) is 10.1. The molecule has 0 spiro atoms. The van der Waals surface area contributed by atoms with Crippen LogP contribution in [-0.4, -0.2) is 27.2 Å². The Hall–Kier alpha value is -2.41. The van der Waals surface area contributed by atoms with Gasteiger partial charge in [-0.15, -0.1) is 11.3 Å². The van der Waals surface area contributed by atoms with Gasteiger partial charge in [-0.3, -0.25) is 9.89 Å². The lowest BCUT2D eigenvalue weighted by Gasteiger charge is -2.34. The number of carbonyl (C=O) groups is 1. The van der Waals surface area contributed by atoms with E-state index >= 15 is 0 Å². The van der Waals surface area contributed by atoms with Crippen LogP contribution in [0.4, 0.5) is 5.82 Å². The van der Waals surface area contributed by atoms with Gasteiger partial charge < -0.3 is 10.1 Å². The minimum atomic E-state index is -0.00712. The fourth-order valence-electron chi connectivity index (χ4n) is 3.24. The van der Waals surface area contributed by atoms with Gasteiger partial charge in [0.05, 0.1) is 15.9 Å². The largest absolute Gasteiger partial charge is 0.488 e. The fourth-order valence-corrected chi connectivity index (χ4v) is 3.93. The van der Waals surface area contributed by atoms with E-state index in [1.54, 1.807) is 11.3 Å². The SMILES string of the molecule is O=C(Nc1cc(C2CC2)n[nH]1)[C@H]1C[C@H](Oc2cccc3scnc23)C1. The molecule has 0 bridgehead atoms. The highest BCUT2D eigenvalue weighted by atomic mass is 32.1. The highest BCUT2D eigenvalue weighted by molar-refractivity contribution is 7.16. The molecule has 2 aliphatic rings. The van der Waals surface area contributed by atoms with Crippen LogP contribution in [0, 0.1) is 5.92 Å². The third-order valence-corrected chi connectivity index (χ3v) is 5.73. The zero-order valence-corrected chi connectivity index (χ0v) is 14.4. The Balaban J connectivity index is 1.17. The van der Waals surface area contributed by atoms with Crippen LogP contribution in [0.5, 0.6) is 5.75 Å². The third-order valence-electron chi connectivity index (χ3n) is 4.93. The minimum absolute atomic E-state index is 0.00712. The summed E-state index contributed by atoms with van der Waals surface area (Å²) < 4.78 is 7.16. The lowest BCUT2D eigenvalue weighted by molar-refractivity contribution is -0.125. The molecule has 2 aromatic heterocycles. The van der Waals surface area contributed by atoms with Gasteiger partial charge in [0.2, 0.25) is 5.91 Å². The first kappa shape index (κ1) is 14.9. The summed E-state index contributed by atoms with van der Waals surface area (Å²) in [4.78, 5) is 16.7. The van der Waals surface area contributed by atoms with Crippen LogP contribution in [-0.2, 0) is 4.79 Å². The molecular weight excluding hydrogens is 336 g/mol. The second-order valence-corrected chi connectivity index (χ2v) is 7.72. The van der Waals surface area contributed by atoms with Gasteiger partial charge in [0.25, 0.3) is 0 Å². The summed E-state index contributed by atoms with van der Waals surface area (Å²) in [6.07, 6.45) is 3.94. The smallest absolute Gasteiger partial charge is 0.228 e. The zero-order valence-electron chi connectivity index (χ0n) is 13.6. The second-order valence-electron chi connectivity index (χ2n) is 6.83. The highest BCUT2D eigenvalue weighted by Crippen LogP contribution is 2.40. The Morgan fingerprint density at radius 3 is 3.04 bits per heavy atom. The first-order chi connectivity index (χ1) is 12.3. The van der Waals surface area contributed by atoms with Gasteiger partial charge in [0.1, 0.15) is 23.2 Å². The number of fused-ring (bicyclic) bond motifs is 1. The number of thiazole rings is 1. The van der Waals surface area contributed by atoms with E-state index in [0.29, 0.717) is 11.7 Å². The number of H-pyrrole nitrogens is 1. The third kappa shape index (κ3) is 2.89. The molecule has 25 heavy (non-hydrogen) atoms. The lowest BCUT2D eigenvalue weighted by atomic mass is 9.81. The molecule has 5 rings (SSSR count). The van der Waals surface area contributed by atoms with Crippen LogP contribution >= 0.6 is 11.3 Å². The lowest BCUT2D eigenvalue weighted by Crippen LogP contribution is -2.40. The Morgan fingerprint density at radius 2 is 2.20 bits per heavy atom. The minimum Gasteiger partial charge on any atom is -0.488 e. The molecule has 7 heteroatoms. The van der Waals surface area contributed by atoms with Crippen LogP contribution in [0.1, 0.15) is 37.3 Å². The van der Waals surface area contributed by atoms with Crippen LogP contribution in [0.2, 0.25) is 0 Å². The number of para-hydroxylation sites is 1. The molecule has 0 radical (unpaired) electrons. The average Bonchev–Trinajstić information content (AvgIpc) is 3.12. The summed E-state index contributed by atoms with van der Waals surface area (Å²) in [7, 11) is 0. The van der Waals surface area contributed by atoms with Gasteiger partial charge in [0, 0.05) is 17.9 Å².